The number of carbonyl (C=O) groups excluding carboxylic acids is 1. The van der Waals surface area contributed by atoms with E-state index in [2.05, 4.69) is 15.6 Å². The Morgan fingerprint density at radius 3 is 2.80 bits per heavy atom. The second kappa shape index (κ2) is 7.26. The molecule has 0 spiro atoms. The van der Waals surface area contributed by atoms with Crippen molar-refractivity contribution in [2.75, 3.05) is 26.2 Å². The molecule has 20 heavy (non-hydrogen) atoms. The number of piperazine rings is 1. The molecule has 6 nitrogen and oxygen atoms in total. The van der Waals surface area contributed by atoms with Crippen molar-refractivity contribution >= 4 is 5.91 Å². The first-order valence-corrected chi connectivity index (χ1v) is 6.54. The van der Waals surface area contributed by atoms with Crippen molar-refractivity contribution in [1.29, 1.82) is 5.26 Å². The van der Waals surface area contributed by atoms with Crippen molar-refractivity contribution < 1.29 is 4.79 Å². The highest BCUT2D eigenvalue weighted by atomic mass is 16.2. The highest BCUT2D eigenvalue weighted by Gasteiger charge is 2.19. The summed E-state index contributed by atoms with van der Waals surface area (Å²) < 4.78 is 0. The number of rotatable bonds is 4. The summed E-state index contributed by atoms with van der Waals surface area (Å²) in [5.41, 5.74) is 1.18. The van der Waals surface area contributed by atoms with Gasteiger partial charge >= 0.3 is 0 Å². The number of amides is 1. The van der Waals surface area contributed by atoms with Gasteiger partial charge in [0.2, 0.25) is 0 Å². The number of aromatic nitrogens is 1. The molecule has 1 aromatic rings. The fourth-order valence-electron chi connectivity index (χ4n) is 1.95. The second-order valence-corrected chi connectivity index (χ2v) is 4.45. The fourth-order valence-corrected chi connectivity index (χ4v) is 1.95. The van der Waals surface area contributed by atoms with E-state index in [4.69, 9.17) is 5.26 Å². The molecular formula is C14H17N5O. The molecule has 0 aliphatic carbocycles. The molecular weight excluding hydrogens is 254 g/mol. The minimum Gasteiger partial charge on any atom is -0.386 e. The summed E-state index contributed by atoms with van der Waals surface area (Å²) in [4.78, 5) is 17.8. The van der Waals surface area contributed by atoms with Crippen molar-refractivity contribution in [3.63, 3.8) is 0 Å². The third kappa shape index (κ3) is 3.80. The van der Waals surface area contributed by atoms with Crippen LogP contribution in [0.2, 0.25) is 0 Å². The lowest BCUT2D eigenvalue weighted by Crippen LogP contribution is -2.46. The molecule has 104 valence electrons. The van der Waals surface area contributed by atoms with Crippen molar-refractivity contribution in [3.05, 3.63) is 41.9 Å². The maximum Gasteiger partial charge on any atom is 0.266 e. The first-order valence-electron chi connectivity index (χ1n) is 6.54. The molecule has 1 aliphatic rings. The van der Waals surface area contributed by atoms with E-state index in [1.54, 1.807) is 17.3 Å². The van der Waals surface area contributed by atoms with Gasteiger partial charge in [-0.25, -0.2) is 0 Å². The van der Waals surface area contributed by atoms with Crippen molar-refractivity contribution in [2.45, 2.75) is 6.54 Å². The monoisotopic (exact) mass is 271 g/mol. The molecule has 0 bridgehead atoms. The number of nitriles is 1. The molecule has 0 atom stereocenters. The maximum atomic E-state index is 12.1. The average molecular weight is 271 g/mol. The van der Waals surface area contributed by atoms with Gasteiger partial charge < -0.3 is 15.5 Å². The summed E-state index contributed by atoms with van der Waals surface area (Å²) in [6.07, 6.45) is 4.90. The van der Waals surface area contributed by atoms with E-state index in [0.717, 1.165) is 18.7 Å². The normalized spacial score (nSPS) is 15.6. The smallest absolute Gasteiger partial charge is 0.266 e. The second-order valence-electron chi connectivity index (χ2n) is 4.45. The van der Waals surface area contributed by atoms with E-state index in [1.807, 2.05) is 18.2 Å². The number of pyridine rings is 1. The van der Waals surface area contributed by atoms with Gasteiger partial charge in [-0.05, 0) is 17.7 Å². The first-order chi connectivity index (χ1) is 9.81. The zero-order chi connectivity index (χ0) is 14.2. The molecule has 1 amide bonds. The molecule has 2 N–H and O–H groups in total. The van der Waals surface area contributed by atoms with E-state index in [0.29, 0.717) is 19.6 Å². The summed E-state index contributed by atoms with van der Waals surface area (Å²) in [6, 6.07) is 5.72. The standard InChI is InChI=1S/C14H17N5O/c15-9-13(14(20)19-7-5-17-6-8-19)11-18-10-12-1-3-16-4-2-12/h1-4,11,17-18H,5-8,10H2/b13-11-. The van der Waals surface area contributed by atoms with Crippen LogP contribution in [0, 0.1) is 11.3 Å². The predicted molar refractivity (Wildman–Crippen MR) is 74.2 cm³/mol. The minimum atomic E-state index is -0.212. The van der Waals surface area contributed by atoms with Crippen LogP contribution in [-0.4, -0.2) is 42.0 Å². The van der Waals surface area contributed by atoms with Crippen molar-refractivity contribution in [2.24, 2.45) is 0 Å². The van der Waals surface area contributed by atoms with Gasteiger partial charge in [0.25, 0.3) is 5.91 Å². The summed E-state index contributed by atoms with van der Waals surface area (Å²) in [6.45, 7) is 3.39. The van der Waals surface area contributed by atoms with Crippen LogP contribution in [0.4, 0.5) is 0 Å². The van der Waals surface area contributed by atoms with Gasteiger partial charge in [-0.2, -0.15) is 5.26 Å². The van der Waals surface area contributed by atoms with Crippen molar-refractivity contribution in [3.8, 4) is 6.07 Å². The van der Waals surface area contributed by atoms with Gasteiger partial charge in [0.05, 0.1) is 0 Å². The van der Waals surface area contributed by atoms with Crippen LogP contribution in [0.1, 0.15) is 5.56 Å². The number of carbonyl (C=O) groups is 1. The molecule has 2 rings (SSSR count). The number of hydrogen-bond acceptors (Lipinski definition) is 5. The Hall–Kier alpha value is -2.39. The Morgan fingerprint density at radius 1 is 1.45 bits per heavy atom. The lowest BCUT2D eigenvalue weighted by Gasteiger charge is -2.27. The third-order valence-electron chi connectivity index (χ3n) is 3.06. The first kappa shape index (κ1) is 14.0. The van der Waals surface area contributed by atoms with Crippen LogP contribution in [-0.2, 0) is 11.3 Å². The molecule has 0 unspecified atom stereocenters. The molecule has 6 heteroatoms. The third-order valence-corrected chi connectivity index (χ3v) is 3.06. The maximum absolute atomic E-state index is 12.1. The average Bonchev–Trinajstić information content (AvgIpc) is 2.53. The van der Waals surface area contributed by atoms with Gasteiger partial charge in [-0.3, -0.25) is 9.78 Å². The Balaban J connectivity index is 1.92. The summed E-state index contributed by atoms with van der Waals surface area (Å²) in [7, 11) is 0. The van der Waals surface area contributed by atoms with Crippen molar-refractivity contribution in [1.82, 2.24) is 20.5 Å². The summed E-state index contributed by atoms with van der Waals surface area (Å²) in [5, 5.41) is 15.3. The zero-order valence-corrected chi connectivity index (χ0v) is 11.2. The number of nitrogens with one attached hydrogen (secondary N) is 2. The lowest BCUT2D eigenvalue weighted by molar-refractivity contribution is -0.127. The number of hydrogen-bond donors (Lipinski definition) is 2. The predicted octanol–water partition coefficient (Wildman–Crippen LogP) is 0.0105. The fraction of sp³-hybridized carbons (Fsp3) is 0.357. The minimum absolute atomic E-state index is 0.140. The van der Waals surface area contributed by atoms with Crippen LogP contribution in [0.3, 0.4) is 0 Å². The molecule has 2 heterocycles. The van der Waals surface area contributed by atoms with Gasteiger partial charge in [0.1, 0.15) is 11.6 Å². The quantitative estimate of drug-likeness (QED) is 0.595. The van der Waals surface area contributed by atoms with E-state index in [9.17, 15) is 4.79 Å². The molecule has 0 radical (unpaired) electrons. The molecule has 1 fully saturated rings. The van der Waals surface area contributed by atoms with Gasteiger partial charge in [0, 0.05) is 51.3 Å². The molecule has 1 aromatic heterocycles. The topological polar surface area (TPSA) is 81.0 Å². The van der Waals surface area contributed by atoms with Crippen LogP contribution in [0.5, 0.6) is 0 Å². The summed E-state index contributed by atoms with van der Waals surface area (Å²) in [5.74, 6) is -0.212. The SMILES string of the molecule is N#C/C(=C/NCc1ccncc1)C(=O)N1CCNCC1. The van der Waals surface area contributed by atoms with Crippen LogP contribution >= 0.6 is 0 Å². The van der Waals surface area contributed by atoms with E-state index in [-0.39, 0.29) is 11.5 Å². The van der Waals surface area contributed by atoms with Crippen LogP contribution in [0.25, 0.3) is 0 Å². The Kier molecular flexibility index (Phi) is 5.09. The molecule has 1 aliphatic heterocycles. The highest BCUT2D eigenvalue weighted by molar-refractivity contribution is 5.97. The molecule has 0 saturated carbocycles. The molecule has 1 saturated heterocycles. The number of nitrogens with zero attached hydrogens (tertiary/aromatic N) is 3. The van der Waals surface area contributed by atoms with Crippen LogP contribution < -0.4 is 10.6 Å². The Morgan fingerprint density at radius 2 is 2.15 bits per heavy atom. The van der Waals surface area contributed by atoms with E-state index in [1.165, 1.54) is 6.20 Å². The van der Waals surface area contributed by atoms with Crippen LogP contribution in [0.15, 0.2) is 36.3 Å². The van der Waals surface area contributed by atoms with E-state index < -0.39 is 0 Å². The molecule has 0 aromatic carbocycles. The Bertz CT molecular complexity index is 514. The largest absolute Gasteiger partial charge is 0.386 e. The van der Waals surface area contributed by atoms with Gasteiger partial charge in [-0.15, -0.1) is 0 Å². The lowest BCUT2D eigenvalue weighted by atomic mass is 10.2. The summed E-state index contributed by atoms with van der Waals surface area (Å²) >= 11 is 0. The van der Waals surface area contributed by atoms with Gasteiger partial charge in [-0.1, -0.05) is 0 Å². The van der Waals surface area contributed by atoms with Gasteiger partial charge in [0.15, 0.2) is 0 Å². The Labute approximate surface area is 118 Å². The van der Waals surface area contributed by atoms with E-state index >= 15 is 0 Å². The highest BCUT2D eigenvalue weighted by Crippen LogP contribution is 2.02. The zero-order valence-electron chi connectivity index (χ0n) is 11.2.